The normalized spacial score (nSPS) is 29.3. The number of aliphatic hydroxyl groups excluding tert-OH is 2. The second kappa shape index (κ2) is 6.24. The van der Waals surface area contributed by atoms with Crippen molar-refractivity contribution in [1.29, 1.82) is 0 Å². The largest absolute Gasteiger partial charge is 0.386 e. The van der Waals surface area contributed by atoms with Crippen LogP contribution in [0.2, 0.25) is 0 Å². The van der Waals surface area contributed by atoms with E-state index in [0.29, 0.717) is 16.6 Å². The minimum atomic E-state index is -1.77. The van der Waals surface area contributed by atoms with E-state index in [1.54, 1.807) is 12.3 Å². The van der Waals surface area contributed by atoms with E-state index in [2.05, 4.69) is 9.97 Å². The zero-order valence-electron chi connectivity index (χ0n) is 14.4. The number of nitrogen functional groups attached to an aromatic ring is 1. The Balaban J connectivity index is 1.70. The van der Waals surface area contributed by atoms with Crippen LogP contribution in [0, 0.1) is 5.82 Å². The Labute approximate surface area is 153 Å². The summed E-state index contributed by atoms with van der Waals surface area (Å²) in [5, 5.41) is 32.8. The topological polar surface area (TPSA) is 127 Å². The summed E-state index contributed by atoms with van der Waals surface area (Å²) in [7, 11) is 0. The molecule has 142 valence electrons. The number of anilines is 1. The minimum Gasteiger partial charge on any atom is -0.386 e. The maximum atomic E-state index is 13.1. The number of rotatable bonds is 3. The Morgan fingerprint density at radius 1 is 1.26 bits per heavy atom. The summed E-state index contributed by atoms with van der Waals surface area (Å²) in [6.07, 6.45) is -1.89. The third kappa shape index (κ3) is 2.76. The highest BCUT2D eigenvalue weighted by molar-refractivity contribution is 5.86. The number of ether oxygens (including phenoxy) is 1. The fourth-order valence-electron chi connectivity index (χ4n) is 3.46. The lowest BCUT2D eigenvalue weighted by molar-refractivity contribution is -0.115. The summed E-state index contributed by atoms with van der Waals surface area (Å²) in [5.74, 6) is -0.167. The van der Waals surface area contributed by atoms with Gasteiger partial charge in [-0.15, -0.1) is 0 Å². The van der Waals surface area contributed by atoms with E-state index < -0.39 is 36.0 Å². The molecule has 1 aliphatic rings. The molecule has 1 saturated heterocycles. The maximum Gasteiger partial charge on any atom is 0.164 e. The summed E-state index contributed by atoms with van der Waals surface area (Å²) >= 11 is 0. The third-order valence-corrected chi connectivity index (χ3v) is 5.04. The molecule has 3 aromatic rings. The highest BCUT2D eigenvalue weighted by atomic mass is 19.1. The molecule has 3 heterocycles. The van der Waals surface area contributed by atoms with Crippen molar-refractivity contribution in [1.82, 2.24) is 14.5 Å². The fraction of sp³-hybridized carbons (Fsp3) is 0.333. The van der Waals surface area contributed by atoms with Gasteiger partial charge >= 0.3 is 0 Å². The molecule has 9 heteroatoms. The number of hydrogen-bond acceptors (Lipinski definition) is 7. The number of aromatic nitrogens is 3. The molecular formula is C18H19FN4O4. The van der Waals surface area contributed by atoms with E-state index >= 15 is 0 Å². The first-order valence-electron chi connectivity index (χ1n) is 8.37. The van der Waals surface area contributed by atoms with Crippen molar-refractivity contribution < 1.29 is 24.4 Å². The van der Waals surface area contributed by atoms with Crippen molar-refractivity contribution in [3.63, 3.8) is 0 Å². The van der Waals surface area contributed by atoms with Crippen LogP contribution < -0.4 is 5.73 Å². The SMILES string of the molecule is C[C@@]1(O)[C@@H]([C@@H](O)c2ccc(F)cc2)O[C@@H](n2ccc3c(N)ncnc32)[C@@H]1O. The molecule has 0 aliphatic carbocycles. The van der Waals surface area contributed by atoms with Gasteiger partial charge in [-0.3, -0.25) is 0 Å². The van der Waals surface area contributed by atoms with Crippen LogP contribution in [0.15, 0.2) is 42.9 Å². The lowest BCUT2D eigenvalue weighted by Gasteiger charge is -2.29. The minimum absolute atomic E-state index is 0.279. The first-order valence-corrected chi connectivity index (χ1v) is 8.37. The Hall–Kier alpha value is -2.59. The average Bonchev–Trinajstić information content (AvgIpc) is 3.16. The quantitative estimate of drug-likeness (QED) is 0.536. The van der Waals surface area contributed by atoms with E-state index in [-0.39, 0.29) is 5.82 Å². The van der Waals surface area contributed by atoms with Crippen molar-refractivity contribution in [2.75, 3.05) is 5.73 Å². The van der Waals surface area contributed by atoms with Crippen molar-refractivity contribution in [3.8, 4) is 0 Å². The summed E-state index contributed by atoms with van der Waals surface area (Å²) in [5.41, 5.74) is 4.85. The molecule has 0 spiro atoms. The molecule has 1 fully saturated rings. The lowest BCUT2D eigenvalue weighted by atomic mass is 9.88. The number of halogens is 1. The Bertz CT molecular complexity index is 975. The predicted molar refractivity (Wildman–Crippen MR) is 93.8 cm³/mol. The molecule has 27 heavy (non-hydrogen) atoms. The van der Waals surface area contributed by atoms with Gasteiger partial charge in [0.2, 0.25) is 0 Å². The van der Waals surface area contributed by atoms with E-state index in [1.165, 1.54) is 42.1 Å². The fourth-order valence-corrected chi connectivity index (χ4v) is 3.46. The number of benzene rings is 1. The second-order valence-electron chi connectivity index (χ2n) is 6.83. The Kier molecular flexibility index (Phi) is 4.11. The summed E-state index contributed by atoms with van der Waals surface area (Å²) in [6.45, 7) is 1.38. The first kappa shape index (κ1) is 17.8. The van der Waals surface area contributed by atoms with Crippen LogP contribution in [0.1, 0.15) is 24.8 Å². The number of hydrogen-bond donors (Lipinski definition) is 4. The molecule has 0 radical (unpaired) electrons. The van der Waals surface area contributed by atoms with Crippen molar-refractivity contribution in [2.24, 2.45) is 0 Å². The highest BCUT2D eigenvalue weighted by Crippen LogP contribution is 2.43. The van der Waals surface area contributed by atoms with Crippen LogP contribution in [-0.4, -0.2) is 47.7 Å². The molecule has 5 atom stereocenters. The molecule has 4 rings (SSSR count). The predicted octanol–water partition coefficient (Wildman–Crippen LogP) is 0.895. The molecular weight excluding hydrogens is 355 g/mol. The molecule has 0 saturated carbocycles. The third-order valence-electron chi connectivity index (χ3n) is 5.04. The van der Waals surface area contributed by atoms with E-state index in [0.717, 1.165) is 0 Å². The van der Waals surface area contributed by atoms with Crippen LogP contribution in [-0.2, 0) is 4.74 Å². The lowest BCUT2D eigenvalue weighted by Crippen LogP contribution is -2.47. The number of aliphatic hydroxyl groups is 3. The molecule has 1 aliphatic heterocycles. The van der Waals surface area contributed by atoms with Gasteiger partial charge < -0.3 is 30.4 Å². The van der Waals surface area contributed by atoms with Gasteiger partial charge in [0.25, 0.3) is 0 Å². The average molecular weight is 374 g/mol. The zero-order valence-corrected chi connectivity index (χ0v) is 14.4. The molecule has 2 aromatic heterocycles. The number of nitrogens with zero attached hydrogens (tertiary/aromatic N) is 3. The summed E-state index contributed by atoms with van der Waals surface area (Å²) in [4.78, 5) is 8.08. The van der Waals surface area contributed by atoms with E-state index in [4.69, 9.17) is 10.5 Å². The molecule has 1 aromatic carbocycles. The molecule has 0 unspecified atom stereocenters. The van der Waals surface area contributed by atoms with Crippen LogP contribution in [0.5, 0.6) is 0 Å². The van der Waals surface area contributed by atoms with Gasteiger partial charge in [0.15, 0.2) is 6.23 Å². The maximum absolute atomic E-state index is 13.1. The van der Waals surface area contributed by atoms with Crippen LogP contribution in [0.4, 0.5) is 10.2 Å². The molecule has 8 nitrogen and oxygen atoms in total. The van der Waals surface area contributed by atoms with Crippen LogP contribution in [0.3, 0.4) is 0 Å². The smallest absolute Gasteiger partial charge is 0.164 e. The van der Waals surface area contributed by atoms with Crippen LogP contribution >= 0.6 is 0 Å². The van der Waals surface area contributed by atoms with Gasteiger partial charge in [0.1, 0.15) is 47.5 Å². The second-order valence-corrected chi connectivity index (χ2v) is 6.83. The highest BCUT2D eigenvalue weighted by Gasteiger charge is 2.55. The summed E-state index contributed by atoms with van der Waals surface area (Å²) < 4.78 is 20.5. The van der Waals surface area contributed by atoms with Gasteiger partial charge in [0.05, 0.1) is 5.39 Å². The molecule has 0 amide bonds. The standard InChI is InChI=1S/C18H19FN4O4/c1-18(26)13(25)17(23-7-6-11-15(20)21-8-22-16(11)23)27-14(18)12(24)9-2-4-10(19)5-3-9/h2-8,12-14,17,24-26H,1H3,(H2,20,21,22)/t12-,13-,14+,17+,18-/m0/s1. The number of nitrogens with two attached hydrogens (primary N) is 1. The van der Waals surface area contributed by atoms with Gasteiger partial charge in [-0.2, -0.15) is 0 Å². The summed E-state index contributed by atoms with van der Waals surface area (Å²) in [6, 6.07) is 6.89. The van der Waals surface area contributed by atoms with Gasteiger partial charge in [0, 0.05) is 6.20 Å². The van der Waals surface area contributed by atoms with Crippen molar-refractivity contribution >= 4 is 16.9 Å². The molecule has 0 bridgehead atoms. The zero-order chi connectivity index (χ0) is 19.3. The van der Waals surface area contributed by atoms with Gasteiger partial charge in [-0.05, 0) is 30.7 Å². The van der Waals surface area contributed by atoms with E-state index in [1.807, 2.05) is 0 Å². The first-order chi connectivity index (χ1) is 12.8. The monoisotopic (exact) mass is 374 g/mol. The van der Waals surface area contributed by atoms with E-state index in [9.17, 15) is 19.7 Å². The Morgan fingerprint density at radius 2 is 1.96 bits per heavy atom. The van der Waals surface area contributed by atoms with Crippen LogP contribution in [0.25, 0.3) is 11.0 Å². The van der Waals surface area contributed by atoms with Gasteiger partial charge in [-0.25, -0.2) is 14.4 Å². The van der Waals surface area contributed by atoms with Gasteiger partial charge in [-0.1, -0.05) is 12.1 Å². The van der Waals surface area contributed by atoms with Crippen molar-refractivity contribution in [2.45, 2.75) is 37.1 Å². The number of fused-ring (bicyclic) bond motifs is 1. The van der Waals surface area contributed by atoms with Crippen molar-refractivity contribution in [3.05, 3.63) is 54.2 Å². The molecule has 5 N–H and O–H groups in total. The Morgan fingerprint density at radius 3 is 2.67 bits per heavy atom.